The Bertz CT molecular complexity index is 1200. The number of thiophene rings is 1. The third kappa shape index (κ3) is 4.34. The number of fused-ring (bicyclic) bond motifs is 2. The van der Waals surface area contributed by atoms with Crippen molar-refractivity contribution in [3.63, 3.8) is 0 Å². The number of rotatable bonds is 4. The maximum atomic E-state index is 13.2. The van der Waals surface area contributed by atoms with Crippen LogP contribution in [0.1, 0.15) is 46.3 Å². The van der Waals surface area contributed by atoms with Gasteiger partial charge < -0.3 is 10.5 Å². The third-order valence-corrected chi connectivity index (χ3v) is 5.95. The maximum absolute atomic E-state index is 13.2. The lowest BCUT2D eigenvalue weighted by atomic mass is 9.86. The van der Waals surface area contributed by atoms with Crippen LogP contribution in [0.15, 0.2) is 41.8 Å². The first-order valence-corrected chi connectivity index (χ1v) is 10.8. The van der Waals surface area contributed by atoms with Gasteiger partial charge in [0.25, 0.3) is 5.91 Å². The zero-order valence-electron chi connectivity index (χ0n) is 16.9. The molecule has 158 valence electrons. The van der Waals surface area contributed by atoms with Gasteiger partial charge in [-0.3, -0.25) is 10.1 Å². The van der Waals surface area contributed by atoms with E-state index in [9.17, 15) is 14.4 Å². The lowest BCUT2D eigenvalue weighted by Crippen LogP contribution is -2.42. The molecule has 4 rings (SSSR count). The van der Waals surface area contributed by atoms with E-state index in [-0.39, 0.29) is 0 Å². The number of imide groups is 1. The number of ether oxygens (including phenoxy) is 1. The molecule has 1 aliphatic rings. The smallest absolute Gasteiger partial charge is 0.339 e. The van der Waals surface area contributed by atoms with Gasteiger partial charge in [0, 0.05) is 10.3 Å². The Balaban J connectivity index is 1.79. The average molecular weight is 436 g/mol. The highest BCUT2D eigenvalue weighted by Crippen LogP contribution is 2.37. The number of para-hydroxylation sites is 1. The van der Waals surface area contributed by atoms with Crippen LogP contribution in [0.4, 0.5) is 4.79 Å². The first-order chi connectivity index (χ1) is 14.9. The molecule has 2 heterocycles. The molecule has 0 saturated heterocycles. The highest BCUT2D eigenvalue weighted by atomic mass is 32.1. The van der Waals surface area contributed by atoms with Crippen molar-refractivity contribution in [3.8, 4) is 0 Å². The van der Waals surface area contributed by atoms with Gasteiger partial charge in [-0.2, -0.15) is 0 Å². The van der Waals surface area contributed by atoms with Gasteiger partial charge in [0.05, 0.1) is 16.8 Å². The van der Waals surface area contributed by atoms with Crippen LogP contribution in [0.5, 0.6) is 0 Å². The molecule has 0 bridgehead atoms. The summed E-state index contributed by atoms with van der Waals surface area (Å²) in [6.45, 7) is 1.40. The summed E-state index contributed by atoms with van der Waals surface area (Å²) in [4.78, 5) is 42.1. The number of allylic oxidation sites excluding steroid dienone is 1. The Hall–Kier alpha value is -3.52. The van der Waals surface area contributed by atoms with E-state index in [1.54, 1.807) is 11.3 Å². The number of amides is 3. The highest BCUT2D eigenvalue weighted by molar-refractivity contribution is 7.10. The molecule has 1 unspecified atom stereocenters. The normalized spacial score (nSPS) is 15.3. The van der Waals surface area contributed by atoms with E-state index in [2.05, 4.69) is 6.08 Å². The second kappa shape index (κ2) is 8.69. The Kier molecular flexibility index (Phi) is 5.81. The molecule has 3 N–H and O–H groups in total. The summed E-state index contributed by atoms with van der Waals surface area (Å²) >= 11 is 1.64. The molecule has 3 aromatic rings. The minimum Gasteiger partial charge on any atom is -0.449 e. The summed E-state index contributed by atoms with van der Waals surface area (Å²) in [5.41, 5.74) is 8.76. The van der Waals surface area contributed by atoms with Crippen molar-refractivity contribution in [3.05, 3.63) is 63.5 Å². The number of hydrogen-bond acceptors (Lipinski definition) is 6. The van der Waals surface area contributed by atoms with E-state index >= 15 is 0 Å². The van der Waals surface area contributed by atoms with Crippen LogP contribution in [0, 0.1) is 0 Å². The van der Waals surface area contributed by atoms with Gasteiger partial charge in [-0.15, -0.1) is 11.3 Å². The summed E-state index contributed by atoms with van der Waals surface area (Å²) < 4.78 is 5.41. The van der Waals surface area contributed by atoms with Crippen LogP contribution in [-0.2, 0) is 16.0 Å². The molecular weight excluding hydrogens is 414 g/mol. The molecule has 0 aliphatic heterocycles. The SMILES string of the molecule is CC(OC(=O)c1c2c(nc3ccccc13)/C(=C/c1cccs1)CCC2)C(=O)NC(N)=O. The fourth-order valence-corrected chi connectivity index (χ4v) is 4.43. The van der Waals surface area contributed by atoms with Gasteiger partial charge in [-0.05, 0) is 60.9 Å². The van der Waals surface area contributed by atoms with Crippen molar-refractivity contribution < 1.29 is 19.1 Å². The minimum absolute atomic E-state index is 0.413. The molecule has 1 atom stereocenters. The Morgan fingerprint density at radius 2 is 2.00 bits per heavy atom. The Morgan fingerprint density at radius 1 is 1.19 bits per heavy atom. The number of benzene rings is 1. The van der Waals surface area contributed by atoms with Gasteiger partial charge in [0.15, 0.2) is 6.10 Å². The Labute approximate surface area is 182 Å². The number of aromatic nitrogens is 1. The molecule has 0 saturated carbocycles. The molecule has 31 heavy (non-hydrogen) atoms. The number of primary amides is 1. The predicted octanol–water partition coefficient (Wildman–Crippen LogP) is 3.91. The number of nitrogens with one attached hydrogen (secondary N) is 1. The number of carbonyl (C=O) groups excluding carboxylic acids is 3. The van der Waals surface area contributed by atoms with Crippen LogP contribution in [0.2, 0.25) is 0 Å². The lowest BCUT2D eigenvalue weighted by Gasteiger charge is -2.23. The maximum Gasteiger partial charge on any atom is 0.339 e. The van der Waals surface area contributed by atoms with Crippen molar-refractivity contribution in [2.75, 3.05) is 0 Å². The number of carbonyl (C=O) groups is 3. The molecular formula is C23H21N3O4S. The zero-order chi connectivity index (χ0) is 22.0. The van der Waals surface area contributed by atoms with Crippen molar-refractivity contribution in [1.82, 2.24) is 10.3 Å². The van der Waals surface area contributed by atoms with E-state index in [1.165, 1.54) is 6.92 Å². The summed E-state index contributed by atoms with van der Waals surface area (Å²) in [5, 5.41) is 4.62. The molecule has 0 fully saturated rings. The van der Waals surface area contributed by atoms with Crippen molar-refractivity contribution in [2.45, 2.75) is 32.3 Å². The van der Waals surface area contributed by atoms with Gasteiger partial charge in [-0.1, -0.05) is 24.3 Å². The monoisotopic (exact) mass is 435 g/mol. The van der Waals surface area contributed by atoms with Gasteiger partial charge in [0.1, 0.15) is 0 Å². The number of urea groups is 1. The molecule has 0 spiro atoms. The number of nitrogens with two attached hydrogens (primary N) is 1. The second-order valence-electron chi connectivity index (χ2n) is 7.27. The first-order valence-electron chi connectivity index (χ1n) is 9.91. The van der Waals surface area contributed by atoms with Crippen LogP contribution >= 0.6 is 11.3 Å². The molecule has 1 aromatic carbocycles. The van der Waals surface area contributed by atoms with Crippen LogP contribution in [0.3, 0.4) is 0 Å². The largest absolute Gasteiger partial charge is 0.449 e. The zero-order valence-corrected chi connectivity index (χ0v) is 17.7. The average Bonchev–Trinajstić information content (AvgIpc) is 3.25. The summed E-state index contributed by atoms with van der Waals surface area (Å²) in [7, 11) is 0. The van der Waals surface area contributed by atoms with Crippen LogP contribution in [-0.4, -0.2) is 29.0 Å². The number of pyridine rings is 1. The van der Waals surface area contributed by atoms with Crippen molar-refractivity contribution in [2.24, 2.45) is 5.73 Å². The van der Waals surface area contributed by atoms with Crippen molar-refractivity contribution >= 4 is 51.8 Å². The molecule has 0 radical (unpaired) electrons. The standard InChI is InChI=1S/C23H21N3O4S/c1-13(21(27)26-23(24)29)30-22(28)19-16-8-2-3-10-18(16)25-20-14(6-4-9-17(19)20)12-15-7-5-11-31-15/h2-3,5,7-8,10-13H,4,6,9H2,1H3,(H3,24,26,27,29)/b14-12+. The van der Waals surface area contributed by atoms with E-state index in [1.807, 2.05) is 47.1 Å². The van der Waals surface area contributed by atoms with E-state index in [4.69, 9.17) is 15.5 Å². The van der Waals surface area contributed by atoms with Crippen LogP contribution < -0.4 is 11.1 Å². The molecule has 2 aromatic heterocycles. The van der Waals surface area contributed by atoms with E-state index < -0.39 is 24.0 Å². The molecule has 1 aliphatic carbocycles. The second-order valence-corrected chi connectivity index (χ2v) is 8.25. The van der Waals surface area contributed by atoms with Crippen molar-refractivity contribution in [1.29, 1.82) is 0 Å². The summed E-state index contributed by atoms with van der Waals surface area (Å²) in [5.74, 6) is -1.40. The minimum atomic E-state index is -1.17. The summed E-state index contributed by atoms with van der Waals surface area (Å²) in [6, 6.07) is 10.4. The van der Waals surface area contributed by atoms with Gasteiger partial charge in [0.2, 0.25) is 0 Å². The molecule has 8 heteroatoms. The number of nitrogens with zero attached hydrogens (tertiary/aromatic N) is 1. The fourth-order valence-electron chi connectivity index (χ4n) is 3.75. The van der Waals surface area contributed by atoms with Crippen LogP contribution in [0.25, 0.3) is 22.6 Å². The molecule has 3 amide bonds. The van der Waals surface area contributed by atoms with Gasteiger partial charge >= 0.3 is 12.0 Å². The highest BCUT2D eigenvalue weighted by Gasteiger charge is 2.28. The molecule has 7 nitrogen and oxygen atoms in total. The Morgan fingerprint density at radius 3 is 2.74 bits per heavy atom. The first kappa shape index (κ1) is 20.7. The summed E-state index contributed by atoms with van der Waals surface area (Å²) in [6.07, 6.45) is 3.36. The lowest BCUT2D eigenvalue weighted by molar-refractivity contribution is -0.127. The predicted molar refractivity (Wildman–Crippen MR) is 119 cm³/mol. The van der Waals surface area contributed by atoms with Gasteiger partial charge in [-0.25, -0.2) is 14.6 Å². The quantitative estimate of drug-likeness (QED) is 0.604. The number of esters is 1. The topological polar surface area (TPSA) is 111 Å². The number of hydrogen-bond donors (Lipinski definition) is 2. The third-order valence-electron chi connectivity index (χ3n) is 5.13. The van der Waals surface area contributed by atoms with E-state index in [0.29, 0.717) is 22.9 Å². The fraction of sp³-hybridized carbons (Fsp3) is 0.217. The van der Waals surface area contributed by atoms with E-state index in [0.717, 1.165) is 34.5 Å².